The number of sulfonamides is 2. The zero-order chi connectivity index (χ0) is 20.2. The summed E-state index contributed by atoms with van der Waals surface area (Å²) in [5.41, 5.74) is 0. The van der Waals surface area contributed by atoms with Gasteiger partial charge < -0.3 is 4.74 Å². The average molecular weight is 429 g/mol. The van der Waals surface area contributed by atoms with E-state index in [0.29, 0.717) is 18.8 Å². The summed E-state index contributed by atoms with van der Waals surface area (Å²) in [5, 5.41) is 0. The van der Waals surface area contributed by atoms with Gasteiger partial charge in [-0.05, 0) is 61.4 Å². The Morgan fingerprint density at radius 3 is 2.07 bits per heavy atom. The van der Waals surface area contributed by atoms with Crippen LogP contribution in [0.4, 0.5) is 4.39 Å². The molecule has 0 amide bonds. The Balaban J connectivity index is 1.52. The van der Waals surface area contributed by atoms with Gasteiger partial charge in [0.25, 0.3) is 0 Å². The van der Waals surface area contributed by atoms with E-state index in [9.17, 15) is 21.2 Å². The molecule has 1 aliphatic heterocycles. The largest absolute Gasteiger partial charge is 0.492 e. The van der Waals surface area contributed by atoms with E-state index >= 15 is 0 Å². The van der Waals surface area contributed by atoms with Crippen molar-refractivity contribution in [3.05, 3.63) is 54.3 Å². The third-order valence-corrected chi connectivity index (χ3v) is 7.70. The van der Waals surface area contributed by atoms with E-state index in [4.69, 9.17) is 4.74 Å². The van der Waals surface area contributed by atoms with Gasteiger partial charge in [-0.2, -0.15) is 4.31 Å². The Hall–Kier alpha value is -2.01. The first-order chi connectivity index (χ1) is 13.3. The van der Waals surface area contributed by atoms with Crippen LogP contribution in [-0.4, -0.2) is 47.4 Å². The molecule has 10 heteroatoms. The van der Waals surface area contributed by atoms with Crippen LogP contribution in [0.1, 0.15) is 12.8 Å². The van der Waals surface area contributed by atoms with Gasteiger partial charge in [0.1, 0.15) is 18.2 Å². The molecule has 0 saturated carbocycles. The minimum atomic E-state index is -3.75. The van der Waals surface area contributed by atoms with Gasteiger partial charge in [0.15, 0.2) is 0 Å². The summed E-state index contributed by atoms with van der Waals surface area (Å²) < 4.78 is 71.2. The first-order valence-corrected chi connectivity index (χ1v) is 11.7. The third kappa shape index (κ3) is 4.88. The Kier molecular flexibility index (Phi) is 6.33. The predicted octanol–water partition coefficient (Wildman–Crippen LogP) is 1.97. The molecular formula is C18H21FN2O5S2. The molecule has 0 radical (unpaired) electrons. The fourth-order valence-corrected chi connectivity index (χ4v) is 5.36. The normalized spacial score (nSPS) is 15.6. The van der Waals surface area contributed by atoms with Crippen LogP contribution in [-0.2, 0) is 20.0 Å². The molecule has 152 valence electrons. The number of hydrogen-bond acceptors (Lipinski definition) is 5. The predicted molar refractivity (Wildman–Crippen MR) is 102 cm³/mol. The van der Waals surface area contributed by atoms with Gasteiger partial charge in [0.2, 0.25) is 20.0 Å². The summed E-state index contributed by atoms with van der Waals surface area (Å²) >= 11 is 0. The van der Waals surface area contributed by atoms with Crippen LogP contribution in [0.3, 0.4) is 0 Å². The van der Waals surface area contributed by atoms with E-state index in [1.165, 1.54) is 40.7 Å². The monoisotopic (exact) mass is 428 g/mol. The molecule has 0 bridgehead atoms. The molecule has 0 unspecified atom stereocenters. The standard InChI is InChI=1S/C18H21FN2O5S2/c19-15-3-7-17(8-4-15)27(22,23)20-11-14-26-16-5-9-18(10-6-16)28(24,25)21-12-1-2-13-21/h3-10,20H,1-2,11-14H2. The highest BCUT2D eigenvalue weighted by Gasteiger charge is 2.26. The van der Waals surface area contributed by atoms with Gasteiger partial charge in [-0.3, -0.25) is 0 Å². The molecule has 0 atom stereocenters. The number of hydrogen-bond donors (Lipinski definition) is 1. The average Bonchev–Trinajstić information content (AvgIpc) is 3.22. The number of halogens is 1. The van der Waals surface area contributed by atoms with Crippen molar-refractivity contribution in [3.8, 4) is 5.75 Å². The molecule has 1 saturated heterocycles. The zero-order valence-corrected chi connectivity index (χ0v) is 16.7. The van der Waals surface area contributed by atoms with E-state index in [-0.39, 0.29) is 22.9 Å². The first-order valence-electron chi connectivity index (χ1n) is 8.77. The summed E-state index contributed by atoms with van der Waals surface area (Å²) in [6, 6.07) is 10.5. The van der Waals surface area contributed by atoms with Gasteiger partial charge in [-0.1, -0.05) is 0 Å². The molecule has 3 rings (SSSR count). The number of benzene rings is 2. The molecule has 2 aromatic carbocycles. The molecule has 1 heterocycles. The van der Waals surface area contributed by atoms with Crippen molar-refractivity contribution in [3.63, 3.8) is 0 Å². The van der Waals surface area contributed by atoms with Crippen LogP contribution in [0.5, 0.6) is 5.75 Å². The van der Waals surface area contributed by atoms with Crippen LogP contribution in [0.2, 0.25) is 0 Å². The molecule has 0 spiro atoms. The lowest BCUT2D eigenvalue weighted by Crippen LogP contribution is -2.28. The quantitative estimate of drug-likeness (QED) is 0.649. The van der Waals surface area contributed by atoms with Crippen molar-refractivity contribution in [2.45, 2.75) is 22.6 Å². The summed E-state index contributed by atoms with van der Waals surface area (Å²) in [6.07, 6.45) is 1.74. The van der Waals surface area contributed by atoms with Gasteiger partial charge in [0.05, 0.1) is 9.79 Å². The molecule has 1 N–H and O–H groups in total. The van der Waals surface area contributed by atoms with E-state index in [1.807, 2.05) is 0 Å². The van der Waals surface area contributed by atoms with Crippen LogP contribution in [0, 0.1) is 5.82 Å². The smallest absolute Gasteiger partial charge is 0.243 e. The number of rotatable bonds is 8. The molecule has 1 fully saturated rings. The SMILES string of the molecule is O=S(=O)(NCCOc1ccc(S(=O)(=O)N2CCCC2)cc1)c1ccc(F)cc1. The topological polar surface area (TPSA) is 92.8 Å². The summed E-state index contributed by atoms with van der Waals surface area (Å²) in [6.45, 7) is 1.13. The highest BCUT2D eigenvalue weighted by atomic mass is 32.2. The summed E-state index contributed by atoms with van der Waals surface area (Å²) in [4.78, 5) is 0.170. The maximum absolute atomic E-state index is 12.9. The second-order valence-electron chi connectivity index (χ2n) is 6.28. The van der Waals surface area contributed by atoms with Crippen molar-refractivity contribution in [1.82, 2.24) is 9.03 Å². The second kappa shape index (κ2) is 8.56. The van der Waals surface area contributed by atoms with Crippen LogP contribution in [0.25, 0.3) is 0 Å². The lowest BCUT2D eigenvalue weighted by molar-refractivity contribution is 0.322. The Labute approximate surface area is 164 Å². The highest BCUT2D eigenvalue weighted by Crippen LogP contribution is 2.22. The second-order valence-corrected chi connectivity index (χ2v) is 9.99. The van der Waals surface area contributed by atoms with Crippen LogP contribution < -0.4 is 9.46 Å². The van der Waals surface area contributed by atoms with E-state index in [1.54, 1.807) is 0 Å². The molecule has 7 nitrogen and oxygen atoms in total. The molecule has 0 aromatic heterocycles. The lowest BCUT2D eigenvalue weighted by Gasteiger charge is -2.15. The van der Waals surface area contributed by atoms with Crippen molar-refractivity contribution >= 4 is 20.0 Å². The molecule has 2 aromatic rings. The van der Waals surface area contributed by atoms with Gasteiger partial charge in [0, 0.05) is 19.6 Å². The Morgan fingerprint density at radius 1 is 0.893 bits per heavy atom. The van der Waals surface area contributed by atoms with Gasteiger partial charge in [-0.25, -0.2) is 25.9 Å². The first kappa shape index (κ1) is 20.7. The van der Waals surface area contributed by atoms with Crippen molar-refractivity contribution < 1.29 is 26.0 Å². The zero-order valence-electron chi connectivity index (χ0n) is 15.0. The maximum Gasteiger partial charge on any atom is 0.243 e. The molecule has 28 heavy (non-hydrogen) atoms. The minimum Gasteiger partial charge on any atom is -0.492 e. The van der Waals surface area contributed by atoms with E-state index in [2.05, 4.69) is 4.72 Å². The number of ether oxygens (including phenoxy) is 1. The Morgan fingerprint density at radius 2 is 1.46 bits per heavy atom. The van der Waals surface area contributed by atoms with Crippen molar-refractivity contribution in [1.29, 1.82) is 0 Å². The van der Waals surface area contributed by atoms with E-state index < -0.39 is 25.9 Å². The van der Waals surface area contributed by atoms with Gasteiger partial charge >= 0.3 is 0 Å². The molecule has 0 aliphatic carbocycles. The van der Waals surface area contributed by atoms with Crippen molar-refractivity contribution in [2.24, 2.45) is 0 Å². The van der Waals surface area contributed by atoms with Gasteiger partial charge in [-0.15, -0.1) is 0 Å². The number of nitrogens with zero attached hydrogens (tertiary/aromatic N) is 1. The fourth-order valence-electron chi connectivity index (χ4n) is 2.83. The molecule has 1 aliphatic rings. The lowest BCUT2D eigenvalue weighted by atomic mass is 10.3. The minimum absolute atomic E-state index is 0.00748. The molecular weight excluding hydrogens is 407 g/mol. The maximum atomic E-state index is 12.9. The number of nitrogens with one attached hydrogen (secondary N) is 1. The fraction of sp³-hybridized carbons (Fsp3) is 0.333. The highest BCUT2D eigenvalue weighted by molar-refractivity contribution is 7.89. The van der Waals surface area contributed by atoms with Crippen LogP contribution >= 0.6 is 0 Å². The third-order valence-electron chi connectivity index (χ3n) is 4.31. The van der Waals surface area contributed by atoms with Crippen LogP contribution in [0.15, 0.2) is 58.3 Å². The summed E-state index contributed by atoms with van der Waals surface area (Å²) in [5.74, 6) is -0.0844. The van der Waals surface area contributed by atoms with E-state index in [0.717, 1.165) is 25.0 Å². The Bertz CT molecular complexity index is 1000. The summed E-state index contributed by atoms with van der Waals surface area (Å²) in [7, 11) is -7.22. The van der Waals surface area contributed by atoms with Crippen molar-refractivity contribution in [2.75, 3.05) is 26.2 Å².